The molecule has 0 saturated carbocycles. The van der Waals surface area contributed by atoms with Crippen molar-refractivity contribution in [1.29, 1.82) is 0 Å². The molecule has 166 valence electrons. The van der Waals surface area contributed by atoms with Crippen LogP contribution < -0.4 is 19.9 Å². The van der Waals surface area contributed by atoms with Gasteiger partial charge in [-0.05, 0) is 19.1 Å². The fourth-order valence-electron chi connectivity index (χ4n) is 4.74. The Morgan fingerprint density at radius 3 is 1.84 bits per heavy atom. The molecule has 1 saturated heterocycles. The SMILES string of the molecule is COc1ccccc1NC(=O)[C@H](C)[NH+]1CC[NH+](C(c2ccccc2)c2ccccc2)CC1. The van der Waals surface area contributed by atoms with Crippen LogP contribution in [0.3, 0.4) is 0 Å². The van der Waals surface area contributed by atoms with E-state index in [4.69, 9.17) is 4.74 Å². The molecule has 0 aromatic heterocycles. The zero-order valence-corrected chi connectivity index (χ0v) is 18.9. The van der Waals surface area contributed by atoms with Crippen molar-refractivity contribution >= 4 is 11.6 Å². The fraction of sp³-hybridized carbons (Fsp3) is 0.296. The number of piperazine rings is 1. The van der Waals surface area contributed by atoms with E-state index >= 15 is 0 Å². The molecule has 1 aliphatic heterocycles. The van der Waals surface area contributed by atoms with Crippen molar-refractivity contribution in [2.75, 3.05) is 38.6 Å². The van der Waals surface area contributed by atoms with Gasteiger partial charge in [0.05, 0.1) is 12.8 Å². The van der Waals surface area contributed by atoms with E-state index < -0.39 is 0 Å². The molecule has 0 spiro atoms. The molecule has 0 bridgehead atoms. The predicted molar refractivity (Wildman–Crippen MR) is 127 cm³/mol. The Balaban J connectivity index is 1.42. The van der Waals surface area contributed by atoms with Crippen LogP contribution in [-0.4, -0.2) is 45.2 Å². The number of quaternary nitrogens is 2. The van der Waals surface area contributed by atoms with Crippen LogP contribution in [0.5, 0.6) is 5.75 Å². The van der Waals surface area contributed by atoms with Gasteiger partial charge in [0.15, 0.2) is 6.04 Å². The first-order valence-electron chi connectivity index (χ1n) is 11.4. The summed E-state index contributed by atoms with van der Waals surface area (Å²) >= 11 is 0. The number of amides is 1. The second-order valence-corrected chi connectivity index (χ2v) is 8.48. The molecular formula is C27H33N3O2+2. The summed E-state index contributed by atoms with van der Waals surface area (Å²) in [6.07, 6.45) is 0. The lowest BCUT2D eigenvalue weighted by atomic mass is 9.96. The van der Waals surface area contributed by atoms with Gasteiger partial charge in [-0.1, -0.05) is 72.8 Å². The van der Waals surface area contributed by atoms with E-state index in [2.05, 4.69) is 66.0 Å². The summed E-state index contributed by atoms with van der Waals surface area (Å²) in [5.74, 6) is 0.724. The number of carbonyl (C=O) groups is 1. The van der Waals surface area contributed by atoms with Gasteiger partial charge in [0.2, 0.25) is 0 Å². The average molecular weight is 432 g/mol. The van der Waals surface area contributed by atoms with Crippen LogP contribution in [0.25, 0.3) is 0 Å². The monoisotopic (exact) mass is 431 g/mol. The Labute approximate surface area is 190 Å². The van der Waals surface area contributed by atoms with Crippen LogP contribution in [0.15, 0.2) is 84.9 Å². The highest BCUT2D eigenvalue weighted by Crippen LogP contribution is 2.23. The van der Waals surface area contributed by atoms with Gasteiger partial charge in [0, 0.05) is 11.1 Å². The summed E-state index contributed by atoms with van der Waals surface area (Å²) in [5.41, 5.74) is 3.42. The van der Waals surface area contributed by atoms with E-state index in [-0.39, 0.29) is 11.9 Å². The largest absolute Gasteiger partial charge is 0.495 e. The number of benzene rings is 3. The van der Waals surface area contributed by atoms with E-state index in [1.807, 2.05) is 31.2 Å². The van der Waals surface area contributed by atoms with Gasteiger partial charge in [-0.15, -0.1) is 0 Å². The van der Waals surface area contributed by atoms with Gasteiger partial charge in [-0.3, -0.25) is 4.79 Å². The molecule has 1 amide bonds. The molecule has 0 aliphatic carbocycles. The minimum Gasteiger partial charge on any atom is -0.495 e. The topological polar surface area (TPSA) is 47.2 Å². The van der Waals surface area contributed by atoms with Crippen LogP contribution in [0.2, 0.25) is 0 Å². The smallest absolute Gasteiger partial charge is 0.282 e. The van der Waals surface area contributed by atoms with Crippen molar-refractivity contribution in [3.8, 4) is 5.75 Å². The highest BCUT2D eigenvalue weighted by atomic mass is 16.5. The van der Waals surface area contributed by atoms with Gasteiger partial charge < -0.3 is 19.9 Å². The number of methoxy groups -OCH3 is 1. The molecule has 1 heterocycles. The summed E-state index contributed by atoms with van der Waals surface area (Å²) in [4.78, 5) is 15.8. The predicted octanol–water partition coefficient (Wildman–Crippen LogP) is 1.60. The Kier molecular flexibility index (Phi) is 7.20. The van der Waals surface area contributed by atoms with Crippen molar-refractivity contribution < 1.29 is 19.3 Å². The Morgan fingerprint density at radius 1 is 0.781 bits per heavy atom. The van der Waals surface area contributed by atoms with Crippen LogP contribution in [0.1, 0.15) is 24.1 Å². The van der Waals surface area contributed by atoms with Gasteiger partial charge in [0.1, 0.15) is 38.0 Å². The lowest BCUT2D eigenvalue weighted by Crippen LogP contribution is -3.30. The van der Waals surface area contributed by atoms with Crippen LogP contribution in [0, 0.1) is 0 Å². The molecular weight excluding hydrogens is 398 g/mol. The number of ether oxygens (including phenoxy) is 1. The first-order valence-corrected chi connectivity index (χ1v) is 11.4. The minimum absolute atomic E-state index is 0.0376. The zero-order chi connectivity index (χ0) is 22.3. The minimum atomic E-state index is -0.117. The Morgan fingerprint density at radius 2 is 1.28 bits per heavy atom. The summed E-state index contributed by atoms with van der Waals surface area (Å²) in [6.45, 7) is 6.00. The first-order chi connectivity index (χ1) is 15.7. The number of para-hydroxylation sites is 2. The van der Waals surface area contributed by atoms with Crippen molar-refractivity contribution in [3.05, 3.63) is 96.1 Å². The highest BCUT2D eigenvalue weighted by molar-refractivity contribution is 5.94. The molecule has 3 aromatic carbocycles. The van der Waals surface area contributed by atoms with Crippen LogP contribution in [0.4, 0.5) is 5.69 Å². The number of rotatable bonds is 7. The molecule has 1 aliphatic rings. The summed E-state index contributed by atoms with van der Waals surface area (Å²) in [6, 6.07) is 29.3. The molecule has 3 N–H and O–H groups in total. The van der Waals surface area contributed by atoms with Gasteiger partial charge >= 0.3 is 0 Å². The summed E-state index contributed by atoms with van der Waals surface area (Å²) in [7, 11) is 1.62. The third-order valence-electron chi connectivity index (χ3n) is 6.58. The first kappa shape index (κ1) is 22.1. The average Bonchev–Trinajstić information content (AvgIpc) is 2.86. The summed E-state index contributed by atoms with van der Waals surface area (Å²) < 4.78 is 5.37. The Hall–Kier alpha value is -3.15. The van der Waals surface area contributed by atoms with E-state index in [1.165, 1.54) is 16.0 Å². The summed E-state index contributed by atoms with van der Waals surface area (Å²) in [5, 5.41) is 3.05. The van der Waals surface area contributed by atoms with Gasteiger partial charge in [-0.2, -0.15) is 0 Å². The maximum atomic E-state index is 12.9. The molecule has 0 radical (unpaired) electrons. The van der Waals surface area contributed by atoms with Crippen molar-refractivity contribution in [3.63, 3.8) is 0 Å². The lowest BCUT2D eigenvalue weighted by molar-refractivity contribution is -1.03. The van der Waals surface area contributed by atoms with Crippen molar-refractivity contribution in [2.24, 2.45) is 0 Å². The molecule has 1 fully saturated rings. The van der Waals surface area contributed by atoms with E-state index in [9.17, 15) is 4.79 Å². The molecule has 32 heavy (non-hydrogen) atoms. The number of carbonyl (C=O) groups excluding carboxylic acids is 1. The molecule has 1 atom stereocenters. The molecule has 4 rings (SSSR count). The van der Waals surface area contributed by atoms with E-state index in [1.54, 1.807) is 12.0 Å². The molecule has 3 aromatic rings. The van der Waals surface area contributed by atoms with E-state index in [0.29, 0.717) is 11.8 Å². The van der Waals surface area contributed by atoms with E-state index in [0.717, 1.165) is 31.9 Å². The molecule has 5 nitrogen and oxygen atoms in total. The quantitative estimate of drug-likeness (QED) is 0.532. The van der Waals surface area contributed by atoms with Crippen molar-refractivity contribution in [1.82, 2.24) is 0 Å². The lowest BCUT2D eigenvalue weighted by Gasteiger charge is -2.36. The number of anilines is 1. The van der Waals surface area contributed by atoms with Crippen LogP contribution in [-0.2, 0) is 4.79 Å². The number of hydrogen-bond donors (Lipinski definition) is 3. The number of hydrogen-bond acceptors (Lipinski definition) is 2. The normalized spacial score (nSPS) is 19.3. The third-order valence-corrected chi connectivity index (χ3v) is 6.58. The maximum Gasteiger partial charge on any atom is 0.282 e. The second-order valence-electron chi connectivity index (χ2n) is 8.48. The fourth-order valence-corrected chi connectivity index (χ4v) is 4.74. The van der Waals surface area contributed by atoms with Crippen LogP contribution >= 0.6 is 0 Å². The second kappa shape index (κ2) is 10.4. The maximum absolute atomic E-state index is 12.9. The Bertz CT molecular complexity index is 962. The van der Waals surface area contributed by atoms with Crippen molar-refractivity contribution in [2.45, 2.75) is 19.0 Å². The van der Waals surface area contributed by atoms with Gasteiger partial charge in [-0.25, -0.2) is 0 Å². The molecule has 0 unspecified atom stereocenters. The standard InChI is InChI=1S/C27H31N3O2/c1-21(27(31)28-24-15-9-10-16-25(24)32-2)29-17-19-30(20-18-29)26(22-11-5-3-6-12-22)23-13-7-4-8-14-23/h3-16,21,26H,17-20H2,1-2H3,(H,28,31)/p+2/t21-/m0/s1. The zero-order valence-electron chi connectivity index (χ0n) is 18.9. The highest BCUT2D eigenvalue weighted by Gasteiger charge is 2.35. The molecule has 5 heteroatoms. The van der Waals surface area contributed by atoms with Gasteiger partial charge in [0.25, 0.3) is 5.91 Å². The third kappa shape index (κ3) is 5.01. The number of nitrogens with one attached hydrogen (secondary N) is 3.